The molecule has 0 aliphatic carbocycles. The number of hydrogen-bond donors (Lipinski definition) is 0. The van der Waals surface area contributed by atoms with Crippen LogP contribution in [0.3, 0.4) is 0 Å². The Balaban J connectivity index is 2.49. The van der Waals surface area contributed by atoms with Crippen LogP contribution in [0.15, 0.2) is 28.6 Å². The summed E-state index contributed by atoms with van der Waals surface area (Å²) < 4.78 is 29.0. The Bertz CT molecular complexity index is 669. The first-order valence-electron chi connectivity index (χ1n) is 7.08. The number of thiophene rings is 1. The third-order valence-electron chi connectivity index (χ3n) is 3.11. The van der Waals surface area contributed by atoms with Gasteiger partial charge in [0, 0.05) is 26.3 Å². The van der Waals surface area contributed by atoms with Crippen LogP contribution in [0.2, 0.25) is 0 Å². The van der Waals surface area contributed by atoms with Crippen molar-refractivity contribution in [3.63, 3.8) is 0 Å². The van der Waals surface area contributed by atoms with E-state index in [-0.39, 0.29) is 0 Å². The summed E-state index contributed by atoms with van der Waals surface area (Å²) >= 11 is 1.50. The number of aromatic nitrogens is 2. The van der Waals surface area contributed by atoms with Gasteiger partial charge in [0.25, 0.3) is 0 Å². The lowest BCUT2D eigenvalue weighted by Crippen LogP contribution is -2.32. The van der Waals surface area contributed by atoms with Crippen LogP contribution in [-0.4, -0.2) is 35.6 Å². The molecule has 2 heterocycles. The van der Waals surface area contributed by atoms with Crippen molar-refractivity contribution >= 4 is 21.4 Å². The molecule has 7 heteroatoms. The Kier molecular flexibility index (Phi) is 5.18. The van der Waals surface area contributed by atoms with E-state index in [1.807, 2.05) is 31.4 Å². The maximum Gasteiger partial charge on any atom is 0.246 e. The second kappa shape index (κ2) is 6.72. The smallest absolute Gasteiger partial charge is 0.246 e. The SMILES string of the molecule is CCCN(CCC)S(=O)(=O)c1cn(C)nc1-c1cccs1. The van der Waals surface area contributed by atoms with Gasteiger partial charge in [-0.2, -0.15) is 9.40 Å². The van der Waals surface area contributed by atoms with Crippen molar-refractivity contribution in [1.29, 1.82) is 0 Å². The van der Waals surface area contributed by atoms with Gasteiger partial charge in [0.2, 0.25) is 10.0 Å². The molecule has 116 valence electrons. The number of aryl methyl sites for hydroxylation is 1. The molecule has 0 bridgehead atoms. The Morgan fingerprint density at radius 2 is 1.95 bits per heavy atom. The summed E-state index contributed by atoms with van der Waals surface area (Å²) in [5.41, 5.74) is 0.546. The first-order chi connectivity index (χ1) is 10.0. The van der Waals surface area contributed by atoms with E-state index in [0.717, 1.165) is 17.7 Å². The van der Waals surface area contributed by atoms with E-state index in [0.29, 0.717) is 23.7 Å². The van der Waals surface area contributed by atoms with E-state index in [1.54, 1.807) is 22.2 Å². The van der Waals surface area contributed by atoms with Gasteiger partial charge >= 0.3 is 0 Å². The Morgan fingerprint density at radius 1 is 1.29 bits per heavy atom. The van der Waals surface area contributed by atoms with Crippen molar-refractivity contribution in [3.8, 4) is 10.6 Å². The Labute approximate surface area is 130 Å². The Morgan fingerprint density at radius 3 is 2.48 bits per heavy atom. The maximum atomic E-state index is 12.9. The quantitative estimate of drug-likeness (QED) is 0.785. The van der Waals surface area contributed by atoms with Crippen LogP contribution in [0.1, 0.15) is 26.7 Å². The fourth-order valence-electron chi connectivity index (χ4n) is 2.23. The predicted octanol–water partition coefficient (Wildman–Crippen LogP) is 2.96. The summed E-state index contributed by atoms with van der Waals surface area (Å²) in [5.74, 6) is 0. The lowest BCUT2D eigenvalue weighted by molar-refractivity contribution is 0.410. The largest absolute Gasteiger partial charge is 0.274 e. The standard InChI is InChI=1S/C14H21N3O2S2/c1-4-8-17(9-5-2)21(18,19)13-11-16(3)15-14(13)12-7-6-10-20-12/h6-7,10-11H,4-5,8-9H2,1-3H3. The van der Waals surface area contributed by atoms with Crippen LogP contribution in [0.5, 0.6) is 0 Å². The van der Waals surface area contributed by atoms with Gasteiger partial charge in [0.05, 0.1) is 4.88 Å². The van der Waals surface area contributed by atoms with E-state index in [1.165, 1.54) is 11.3 Å². The molecule has 2 rings (SSSR count). The van der Waals surface area contributed by atoms with Gasteiger partial charge in [-0.3, -0.25) is 4.68 Å². The van der Waals surface area contributed by atoms with Gasteiger partial charge in [0.15, 0.2) is 0 Å². The zero-order valence-corrected chi connectivity index (χ0v) is 14.2. The highest BCUT2D eigenvalue weighted by molar-refractivity contribution is 7.89. The monoisotopic (exact) mass is 327 g/mol. The molecule has 0 aliphatic rings. The molecule has 21 heavy (non-hydrogen) atoms. The van der Waals surface area contributed by atoms with Gasteiger partial charge in [-0.1, -0.05) is 19.9 Å². The van der Waals surface area contributed by atoms with Crippen LogP contribution in [0.4, 0.5) is 0 Å². The van der Waals surface area contributed by atoms with Gasteiger partial charge in [-0.25, -0.2) is 8.42 Å². The van der Waals surface area contributed by atoms with Crippen molar-refractivity contribution in [2.45, 2.75) is 31.6 Å². The molecular formula is C14H21N3O2S2. The van der Waals surface area contributed by atoms with Crippen molar-refractivity contribution in [3.05, 3.63) is 23.7 Å². The molecule has 0 spiro atoms. The summed E-state index contributed by atoms with van der Waals surface area (Å²) in [6, 6.07) is 3.80. The predicted molar refractivity (Wildman–Crippen MR) is 85.9 cm³/mol. The summed E-state index contributed by atoms with van der Waals surface area (Å²) in [5, 5.41) is 6.27. The highest BCUT2D eigenvalue weighted by Crippen LogP contribution is 2.31. The van der Waals surface area contributed by atoms with Crippen LogP contribution in [-0.2, 0) is 17.1 Å². The molecule has 0 radical (unpaired) electrons. The minimum atomic E-state index is -3.50. The minimum absolute atomic E-state index is 0.300. The number of nitrogens with zero attached hydrogens (tertiary/aromatic N) is 3. The molecule has 2 aromatic heterocycles. The molecule has 0 atom stereocenters. The zero-order chi connectivity index (χ0) is 15.5. The van der Waals surface area contributed by atoms with Crippen molar-refractivity contribution in [1.82, 2.24) is 14.1 Å². The van der Waals surface area contributed by atoms with Gasteiger partial charge in [0.1, 0.15) is 10.6 Å². The Hall–Kier alpha value is -1.18. The summed E-state index contributed by atoms with van der Waals surface area (Å²) in [6.45, 7) is 5.05. The van der Waals surface area contributed by atoms with Gasteiger partial charge in [-0.05, 0) is 24.3 Å². The number of hydrogen-bond acceptors (Lipinski definition) is 4. The van der Waals surface area contributed by atoms with E-state index >= 15 is 0 Å². The molecule has 0 N–H and O–H groups in total. The molecule has 5 nitrogen and oxygen atoms in total. The van der Waals surface area contributed by atoms with Gasteiger partial charge in [-0.15, -0.1) is 11.3 Å². The van der Waals surface area contributed by atoms with E-state index in [9.17, 15) is 8.42 Å². The second-order valence-corrected chi connectivity index (χ2v) is 7.75. The van der Waals surface area contributed by atoms with Crippen LogP contribution in [0.25, 0.3) is 10.6 Å². The lowest BCUT2D eigenvalue weighted by Gasteiger charge is -2.20. The molecule has 0 aromatic carbocycles. The molecular weight excluding hydrogens is 306 g/mol. The molecule has 0 saturated carbocycles. The topological polar surface area (TPSA) is 55.2 Å². The molecule has 0 saturated heterocycles. The fourth-order valence-corrected chi connectivity index (χ4v) is 4.82. The molecule has 0 amide bonds. The third-order valence-corrected chi connectivity index (χ3v) is 5.89. The van der Waals surface area contributed by atoms with Crippen molar-refractivity contribution < 1.29 is 8.42 Å². The van der Waals surface area contributed by atoms with E-state index < -0.39 is 10.0 Å². The average molecular weight is 327 g/mol. The first kappa shape index (κ1) is 16.2. The fraction of sp³-hybridized carbons (Fsp3) is 0.500. The summed E-state index contributed by atoms with van der Waals surface area (Å²) in [4.78, 5) is 1.18. The minimum Gasteiger partial charge on any atom is -0.274 e. The summed E-state index contributed by atoms with van der Waals surface area (Å²) in [6.07, 6.45) is 3.20. The molecule has 0 aliphatic heterocycles. The molecule has 2 aromatic rings. The molecule has 0 fully saturated rings. The second-order valence-electron chi connectivity index (χ2n) is 4.90. The normalized spacial score (nSPS) is 12.2. The summed E-state index contributed by atoms with van der Waals surface area (Å²) in [7, 11) is -1.75. The van der Waals surface area contributed by atoms with Crippen LogP contribution >= 0.6 is 11.3 Å². The zero-order valence-electron chi connectivity index (χ0n) is 12.6. The van der Waals surface area contributed by atoms with Crippen LogP contribution < -0.4 is 0 Å². The maximum absolute atomic E-state index is 12.9. The highest BCUT2D eigenvalue weighted by Gasteiger charge is 2.29. The number of rotatable bonds is 7. The van der Waals surface area contributed by atoms with E-state index in [2.05, 4.69) is 5.10 Å². The third kappa shape index (κ3) is 3.36. The first-order valence-corrected chi connectivity index (χ1v) is 9.40. The lowest BCUT2D eigenvalue weighted by atomic mass is 10.3. The van der Waals surface area contributed by atoms with Crippen molar-refractivity contribution in [2.75, 3.05) is 13.1 Å². The van der Waals surface area contributed by atoms with Gasteiger partial charge < -0.3 is 0 Å². The average Bonchev–Trinajstić information content (AvgIpc) is 3.07. The highest BCUT2D eigenvalue weighted by atomic mass is 32.2. The number of sulfonamides is 1. The van der Waals surface area contributed by atoms with E-state index in [4.69, 9.17) is 0 Å². The van der Waals surface area contributed by atoms with Crippen molar-refractivity contribution in [2.24, 2.45) is 7.05 Å². The molecule has 0 unspecified atom stereocenters. The van der Waals surface area contributed by atoms with Crippen LogP contribution in [0, 0.1) is 0 Å².